The molecule has 0 aliphatic heterocycles. The van der Waals surface area contributed by atoms with Gasteiger partial charge in [-0.25, -0.2) is 0 Å². The molecule has 1 rings (SSSR count). The van der Waals surface area contributed by atoms with Crippen LogP contribution in [0.2, 0.25) is 0 Å². The molecule has 0 aliphatic carbocycles. The van der Waals surface area contributed by atoms with E-state index in [0.29, 0.717) is 26.1 Å². The Morgan fingerprint density at radius 3 is 2.25 bits per heavy atom. The number of unbranched alkanes of at least 4 members (excludes halogenated alkanes) is 2. The van der Waals surface area contributed by atoms with Gasteiger partial charge in [0.25, 0.3) is 0 Å². The van der Waals surface area contributed by atoms with Crippen LogP contribution in [0, 0.1) is 0 Å². The topological polar surface area (TPSA) is 72.8 Å². The molecule has 0 radical (unpaired) electrons. The molecule has 1 N–H and O–H groups in total. The predicted octanol–water partition coefficient (Wildman–Crippen LogP) is 3.55. The Morgan fingerprint density at radius 1 is 0.917 bits per heavy atom. The summed E-state index contributed by atoms with van der Waals surface area (Å²) >= 11 is 0. The summed E-state index contributed by atoms with van der Waals surface area (Å²) in [6, 6.07) is 5.44. The summed E-state index contributed by atoms with van der Waals surface area (Å²) in [4.78, 5) is 22.8. The van der Waals surface area contributed by atoms with Gasteiger partial charge in [0.2, 0.25) is 0 Å². The Bertz CT molecular complexity index is 524. The predicted molar refractivity (Wildman–Crippen MR) is 91.9 cm³/mol. The standard InChI is InChI=1S/C19H28O5/c1-3-23-18(21)12-7-5-6-9-15-10-8-11-17(20)16(15)13-14-19(22)24-4-2/h8,10-11,20H,3-7,9,12-14H2,1-2H3. The third kappa shape index (κ3) is 7.49. The van der Waals surface area contributed by atoms with Gasteiger partial charge >= 0.3 is 11.9 Å². The maximum Gasteiger partial charge on any atom is 0.306 e. The number of benzene rings is 1. The van der Waals surface area contributed by atoms with Gasteiger partial charge in [0.05, 0.1) is 13.2 Å². The summed E-state index contributed by atoms with van der Waals surface area (Å²) in [6.07, 6.45) is 4.65. The first-order chi connectivity index (χ1) is 11.6. The molecule has 5 nitrogen and oxygen atoms in total. The van der Waals surface area contributed by atoms with Gasteiger partial charge in [0, 0.05) is 12.8 Å². The fourth-order valence-corrected chi connectivity index (χ4v) is 2.60. The highest BCUT2D eigenvalue weighted by atomic mass is 16.5. The highest BCUT2D eigenvalue weighted by Crippen LogP contribution is 2.24. The van der Waals surface area contributed by atoms with Crippen molar-refractivity contribution in [3.05, 3.63) is 29.3 Å². The van der Waals surface area contributed by atoms with E-state index in [1.165, 1.54) is 0 Å². The van der Waals surface area contributed by atoms with E-state index in [0.717, 1.165) is 36.8 Å². The number of ether oxygens (including phenoxy) is 2. The summed E-state index contributed by atoms with van der Waals surface area (Å²) in [6.45, 7) is 4.37. The molecular formula is C19H28O5. The van der Waals surface area contributed by atoms with Crippen LogP contribution in [0.15, 0.2) is 18.2 Å². The maximum absolute atomic E-state index is 11.5. The molecule has 0 aromatic heterocycles. The third-order valence-electron chi connectivity index (χ3n) is 3.77. The van der Waals surface area contributed by atoms with Gasteiger partial charge in [-0.1, -0.05) is 18.6 Å². The van der Waals surface area contributed by atoms with Crippen LogP contribution < -0.4 is 0 Å². The minimum absolute atomic E-state index is 0.148. The highest BCUT2D eigenvalue weighted by molar-refractivity contribution is 5.70. The molecule has 0 unspecified atom stereocenters. The van der Waals surface area contributed by atoms with Crippen molar-refractivity contribution in [1.29, 1.82) is 0 Å². The number of hydrogen-bond acceptors (Lipinski definition) is 5. The number of phenols is 1. The van der Waals surface area contributed by atoms with Crippen molar-refractivity contribution in [2.45, 2.75) is 58.8 Å². The van der Waals surface area contributed by atoms with E-state index in [2.05, 4.69) is 0 Å². The van der Waals surface area contributed by atoms with Gasteiger partial charge in [-0.05, 0) is 56.7 Å². The molecule has 0 heterocycles. The van der Waals surface area contributed by atoms with Crippen LogP contribution in [0.1, 0.15) is 57.1 Å². The molecule has 1 aromatic carbocycles. The first-order valence-corrected chi connectivity index (χ1v) is 8.69. The van der Waals surface area contributed by atoms with E-state index in [9.17, 15) is 14.7 Å². The largest absolute Gasteiger partial charge is 0.508 e. The summed E-state index contributed by atoms with van der Waals surface area (Å²) in [5.41, 5.74) is 1.87. The van der Waals surface area contributed by atoms with Crippen LogP contribution in [0.25, 0.3) is 0 Å². The van der Waals surface area contributed by atoms with E-state index in [1.54, 1.807) is 19.9 Å². The zero-order chi connectivity index (χ0) is 17.8. The molecular weight excluding hydrogens is 308 g/mol. The minimum atomic E-state index is -0.249. The summed E-state index contributed by atoms with van der Waals surface area (Å²) < 4.78 is 9.83. The summed E-state index contributed by atoms with van der Waals surface area (Å²) in [5.74, 6) is -0.172. The minimum Gasteiger partial charge on any atom is -0.508 e. The van der Waals surface area contributed by atoms with Crippen molar-refractivity contribution >= 4 is 11.9 Å². The van der Waals surface area contributed by atoms with Crippen molar-refractivity contribution in [3.63, 3.8) is 0 Å². The van der Waals surface area contributed by atoms with Crippen molar-refractivity contribution in [2.24, 2.45) is 0 Å². The zero-order valence-electron chi connectivity index (χ0n) is 14.7. The molecule has 5 heteroatoms. The van der Waals surface area contributed by atoms with E-state index in [-0.39, 0.29) is 24.1 Å². The quantitative estimate of drug-likeness (QED) is 0.494. The van der Waals surface area contributed by atoms with Gasteiger partial charge in [-0.3, -0.25) is 9.59 Å². The second-order valence-corrected chi connectivity index (χ2v) is 5.59. The Hall–Kier alpha value is -2.04. The van der Waals surface area contributed by atoms with Gasteiger partial charge in [0.1, 0.15) is 5.75 Å². The lowest BCUT2D eigenvalue weighted by molar-refractivity contribution is -0.144. The van der Waals surface area contributed by atoms with E-state index in [4.69, 9.17) is 9.47 Å². The Kier molecular flexibility index (Phi) is 9.58. The van der Waals surface area contributed by atoms with Crippen molar-refractivity contribution in [3.8, 4) is 5.75 Å². The SMILES string of the molecule is CCOC(=O)CCCCCc1cccc(O)c1CCC(=O)OCC. The van der Waals surface area contributed by atoms with Gasteiger partial charge in [0.15, 0.2) is 0 Å². The molecule has 0 fully saturated rings. The number of aromatic hydroxyl groups is 1. The molecule has 0 bridgehead atoms. The molecule has 24 heavy (non-hydrogen) atoms. The fourth-order valence-electron chi connectivity index (χ4n) is 2.60. The molecule has 0 aliphatic rings. The number of esters is 2. The van der Waals surface area contributed by atoms with Crippen LogP contribution >= 0.6 is 0 Å². The summed E-state index contributed by atoms with van der Waals surface area (Å²) in [5, 5.41) is 10.1. The van der Waals surface area contributed by atoms with E-state index in [1.807, 2.05) is 12.1 Å². The van der Waals surface area contributed by atoms with Crippen LogP contribution in [0.4, 0.5) is 0 Å². The average Bonchev–Trinajstić information content (AvgIpc) is 2.54. The molecule has 134 valence electrons. The number of phenolic OH excluding ortho intramolecular Hbond substituents is 1. The van der Waals surface area contributed by atoms with Crippen LogP contribution in [0.3, 0.4) is 0 Å². The summed E-state index contributed by atoms with van der Waals surface area (Å²) in [7, 11) is 0. The Labute approximate surface area is 144 Å². The lowest BCUT2D eigenvalue weighted by Crippen LogP contribution is -2.06. The molecule has 1 aromatic rings. The maximum atomic E-state index is 11.5. The fraction of sp³-hybridized carbons (Fsp3) is 0.579. The smallest absolute Gasteiger partial charge is 0.306 e. The molecule has 0 spiro atoms. The molecule has 0 amide bonds. The Morgan fingerprint density at radius 2 is 1.58 bits per heavy atom. The number of carbonyl (C=O) groups excluding carboxylic acids is 2. The first-order valence-electron chi connectivity index (χ1n) is 8.69. The van der Waals surface area contributed by atoms with E-state index >= 15 is 0 Å². The van der Waals surface area contributed by atoms with Crippen LogP contribution in [-0.4, -0.2) is 30.3 Å². The number of carbonyl (C=O) groups is 2. The van der Waals surface area contributed by atoms with Crippen molar-refractivity contribution in [1.82, 2.24) is 0 Å². The van der Waals surface area contributed by atoms with Crippen molar-refractivity contribution in [2.75, 3.05) is 13.2 Å². The van der Waals surface area contributed by atoms with Gasteiger partial charge in [-0.2, -0.15) is 0 Å². The van der Waals surface area contributed by atoms with Gasteiger partial charge in [-0.15, -0.1) is 0 Å². The second-order valence-electron chi connectivity index (χ2n) is 5.59. The number of hydrogen-bond donors (Lipinski definition) is 1. The second kappa shape index (κ2) is 11.5. The Balaban J connectivity index is 2.45. The average molecular weight is 336 g/mol. The van der Waals surface area contributed by atoms with Crippen molar-refractivity contribution < 1.29 is 24.2 Å². The van der Waals surface area contributed by atoms with Gasteiger partial charge < -0.3 is 14.6 Å². The molecule has 0 saturated carbocycles. The number of rotatable bonds is 11. The first kappa shape index (κ1) is 20.0. The third-order valence-corrected chi connectivity index (χ3v) is 3.77. The molecule has 0 saturated heterocycles. The molecule has 0 atom stereocenters. The van der Waals surface area contributed by atoms with Crippen LogP contribution in [0.5, 0.6) is 5.75 Å². The number of aryl methyl sites for hydroxylation is 1. The lowest BCUT2D eigenvalue weighted by atomic mass is 9.97. The monoisotopic (exact) mass is 336 g/mol. The van der Waals surface area contributed by atoms with Crippen LogP contribution in [-0.2, 0) is 31.9 Å². The highest BCUT2D eigenvalue weighted by Gasteiger charge is 2.11. The normalized spacial score (nSPS) is 10.4. The lowest BCUT2D eigenvalue weighted by Gasteiger charge is -2.11. The van der Waals surface area contributed by atoms with E-state index < -0.39 is 0 Å². The zero-order valence-corrected chi connectivity index (χ0v) is 14.7.